The lowest BCUT2D eigenvalue weighted by molar-refractivity contribution is -0.120. The highest BCUT2D eigenvalue weighted by Crippen LogP contribution is 2.24. The van der Waals surface area contributed by atoms with Crippen molar-refractivity contribution >= 4 is 40.3 Å². The van der Waals surface area contributed by atoms with Crippen LogP contribution < -0.4 is 10.9 Å². The molecular weight excluding hydrogens is 422 g/mol. The molecule has 2 heterocycles. The first-order valence-corrected chi connectivity index (χ1v) is 11.5. The third kappa shape index (κ3) is 4.70. The Kier molecular flexibility index (Phi) is 6.43. The van der Waals surface area contributed by atoms with Crippen molar-refractivity contribution in [2.24, 2.45) is 5.92 Å². The highest BCUT2D eigenvalue weighted by molar-refractivity contribution is 8.00. The summed E-state index contributed by atoms with van der Waals surface area (Å²) < 4.78 is 1.58. The molecule has 1 amide bonds. The molecule has 30 heavy (non-hydrogen) atoms. The molecule has 1 aromatic carbocycles. The van der Waals surface area contributed by atoms with Crippen LogP contribution in [0.1, 0.15) is 39.0 Å². The summed E-state index contributed by atoms with van der Waals surface area (Å²) in [7, 11) is 0. The van der Waals surface area contributed by atoms with E-state index in [1.807, 2.05) is 19.1 Å². The number of benzene rings is 1. The number of amides is 1. The Hall–Kier alpha value is -2.32. The van der Waals surface area contributed by atoms with Gasteiger partial charge in [0.2, 0.25) is 5.91 Å². The van der Waals surface area contributed by atoms with Gasteiger partial charge in [0.15, 0.2) is 10.8 Å². The van der Waals surface area contributed by atoms with Crippen molar-refractivity contribution in [1.82, 2.24) is 25.1 Å². The van der Waals surface area contributed by atoms with Crippen LogP contribution in [0.4, 0.5) is 0 Å². The molecule has 0 saturated heterocycles. The molecule has 3 aromatic rings. The molecule has 1 aliphatic rings. The SMILES string of the molecule is CC(Sc1nc2c(cnn2-c2cccc(Cl)c2)c(=O)[nH]1)C(=O)NCC1CCCCC1. The van der Waals surface area contributed by atoms with Crippen molar-refractivity contribution in [2.45, 2.75) is 49.4 Å². The first-order chi connectivity index (χ1) is 14.5. The quantitative estimate of drug-likeness (QED) is 0.443. The van der Waals surface area contributed by atoms with E-state index in [-0.39, 0.29) is 16.7 Å². The van der Waals surface area contributed by atoms with Gasteiger partial charge in [-0.2, -0.15) is 5.10 Å². The third-order valence-corrected chi connectivity index (χ3v) is 6.64. The van der Waals surface area contributed by atoms with Gasteiger partial charge in [-0.3, -0.25) is 9.59 Å². The van der Waals surface area contributed by atoms with Crippen LogP contribution in [0, 0.1) is 5.92 Å². The fraction of sp³-hybridized carbons (Fsp3) is 0.429. The van der Waals surface area contributed by atoms with Crippen LogP contribution in [0.3, 0.4) is 0 Å². The predicted octanol–water partition coefficient (Wildman–Crippen LogP) is 3.94. The molecule has 1 aliphatic carbocycles. The van der Waals surface area contributed by atoms with Crippen LogP contribution >= 0.6 is 23.4 Å². The Morgan fingerprint density at radius 3 is 2.93 bits per heavy atom. The molecule has 158 valence electrons. The number of carbonyl (C=O) groups is 1. The van der Waals surface area contributed by atoms with E-state index in [1.165, 1.54) is 50.1 Å². The van der Waals surface area contributed by atoms with Crippen molar-refractivity contribution in [3.05, 3.63) is 45.8 Å². The minimum atomic E-state index is -0.378. The van der Waals surface area contributed by atoms with E-state index in [0.29, 0.717) is 39.4 Å². The number of hydrogen-bond acceptors (Lipinski definition) is 5. The van der Waals surface area contributed by atoms with E-state index in [2.05, 4.69) is 20.4 Å². The molecule has 1 atom stereocenters. The molecule has 7 nitrogen and oxygen atoms in total. The monoisotopic (exact) mass is 445 g/mol. The molecule has 0 radical (unpaired) electrons. The molecule has 0 bridgehead atoms. The van der Waals surface area contributed by atoms with E-state index in [4.69, 9.17) is 11.6 Å². The van der Waals surface area contributed by atoms with Crippen molar-refractivity contribution < 1.29 is 4.79 Å². The van der Waals surface area contributed by atoms with Gasteiger partial charge < -0.3 is 10.3 Å². The summed E-state index contributed by atoms with van der Waals surface area (Å²) in [6, 6.07) is 7.18. The maximum Gasteiger partial charge on any atom is 0.262 e. The number of nitrogens with one attached hydrogen (secondary N) is 2. The summed E-state index contributed by atoms with van der Waals surface area (Å²) in [5, 5.41) is 8.30. The number of rotatable bonds is 6. The number of carbonyl (C=O) groups excluding carboxylic acids is 1. The summed E-state index contributed by atoms with van der Waals surface area (Å²) in [4.78, 5) is 32.4. The minimum absolute atomic E-state index is 0.0448. The number of thioether (sulfide) groups is 1. The molecule has 4 rings (SSSR count). The van der Waals surface area contributed by atoms with Crippen molar-refractivity contribution in [3.8, 4) is 5.69 Å². The van der Waals surface area contributed by atoms with Gasteiger partial charge in [-0.15, -0.1) is 0 Å². The average molecular weight is 446 g/mol. The lowest BCUT2D eigenvalue weighted by atomic mass is 9.89. The Morgan fingerprint density at radius 1 is 1.37 bits per heavy atom. The van der Waals surface area contributed by atoms with Crippen LogP contribution in [-0.4, -0.2) is 37.5 Å². The second-order valence-electron chi connectivity index (χ2n) is 7.65. The van der Waals surface area contributed by atoms with Crippen LogP contribution in [0.15, 0.2) is 40.4 Å². The molecule has 1 unspecified atom stereocenters. The van der Waals surface area contributed by atoms with E-state index in [1.54, 1.807) is 16.8 Å². The summed E-state index contributed by atoms with van der Waals surface area (Å²) >= 11 is 7.32. The second kappa shape index (κ2) is 9.22. The highest BCUT2D eigenvalue weighted by atomic mass is 35.5. The molecule has 9 heteroatoms. The van der Waals surface area contributed by atoms with E-state index >= 15 is 0 Å². The first-order valence-electron chi connectivity index (χ1n) is 10.2. The number of H-pyrrole nitrogens is 1. The van der Waals surface area contributed by atoms with Gasteiger partial charge in [-0.05, 0) is 43.9 Å². The fourth-order valence-corrected chi connectivity index (χ4v) is 4.75. The van der Waals surface area contributed by atoms with Gasteiger partial charge in [-0.1, -0.05) is 48.7 Å². The van der Waals surface area contributed by atoms with Gasteiger partial charge in [0.1, 0.15) is 5.39 Å². The Morgan fingerprint density at radius 2 is 2.17 bits per heavy atom. The standard InChI is InChI=1S/C21H24ClN5O2S/c1-13(19(28)23-11-14-6-3-2-4-7-14)30-21-25-18-17(20(29)26-21)12-24-27(18)16-9-5-8-15(22)10-16/h5,8-10,12-14H,2-4,6-7,11H2,1H3,(H,23,28)(H,25,26,29). The first kappa shape index (κ1) is 20.9. The lowest BCUT2D eigenvalue weighted by Crippen LogP contribution is -2.35. The average Bonchev–Trinajstić information content (AvgIpc) is 3.17. The number of fused-ring (bicyclic) bond motifs is 1. The summed E-state index contributed by atoms with van der Waals surface area (Å²) in [6.45, 7) is 2.54. The molecule has 0 spiro atoms. The van der Waals surface area contributed by atoms with Crippen LogP contribution in [0.5, 0.6) is 0 Å². The maximum absolute atomic E-state index is 12.5. The molecule has 1 fully saturated rings. The third-order valence-electron chi connectivity index (χ3n) is 5.42. The van der Waals surface area contributed by atoms with Gasteiger partial charge in [0, 0.05) is 11.6 Å². The van der Waals surface area contributed by atoms with Gasteiger partial charge in [0.05, 0.1) is 17.1 Å². The number of aromatic amines is 1. The van der Waals surface area contributed by atoms with Crippen LogP contribution in [-0.2, 0) is 4.79 Å². The Balaban J connectivity index is 1.50. The molecular formula is C21H24ClN5O2S. The molecule has 2 aromatic heterocycles. The topological polar surface area (TPSA) is 92.7 Å². The zero-order chi connectivity index (χ0) is 21.1. The smallest absolute Gasteiger partial charge is 0.262 e. The summed E-state index contributed by atoms with van der Waals surface area (Å²) in [5.41, 5.74) is 0.855. The largest absolute Gasteiger partial charge is 0.355 e. The van der Waals surface area contributed by atoms with Gasteiger partial charge >= 0.3 is 0 Å². The van der Waals surface area contributed by atoms with Crippen molar-refractivity contribution in [1.29, 1.82) is 0 Å². The highest BCUT2D eigenvalue weighted by Gasteiger charge is 2.20. The van der Waals surface area contributed by atoms with E-state index in [9.17, 15) is 9.59 Å². The van der Waals surface area contributed by atoms with E-state index < -0.39 is 0 Å². The van der Waals surface area contributed by atoms with E-state index in [0.717, 1.165) is 0 Å². The Bertz CT molecular complexity index is 1110. The molecule has 2 N–H and O–H groups in total. The number of aromatic nitrogens is 4. The van der Waals surface area contributed by atoms with Gasteiger partial charge in [-0.25, -0.2) is 9.67 Å². The molecule has 0 aliphatic heterocycles. The summed E-state index contributed by atoms with van der Waals surface area (Å²) in [5.74, 6) is 0.526. The summed E-state index contributed by atoms with van der Waals surface area (Å²) in [6.07, 6.45) is 7.63. The number of nitrogens with zero attached hydrogens (tertiary/aromatic N) is 3. The maximum atomic E-state index is 12.5. The number of hydrogen-bond donors (Lipinski definition) is 2. The zero-order valence-electron chi connectivity index (χ0n) is 16.7. The van der Waals surface area contributed by atoms with Crippen LogP contribution in [0.25, 0.3) is 16.7 Å². The van der Waals surface area contributed by atoms with Crippen LogP contribution in [0.2, 0.25) is 5.02 Å². The fourth-order valence-electron chi connectivity index (χ4n) is 3.75. The van der Waals surface area contributed by atoms with Crippen molar-refractivity contribution in [2.75, 3.05) is 6.54 Å². The minimum Gasteiger partial charge on any atom is -0.355 e. The van der Waals surface area contributed by atoms with Crippen molar-refractivity contribution in [3.63, 3.8) is 0 Å². The molecule has 1 saturated carbocycles. The normalized spacial score (nSPS) is 15.9. The zero-order valence-corrected chi connectivity index (χ0v) is 18.3. The lowest BCUT2D eigenvalue weighted by Gasteiger charge is -2.22. The second-order valence-corrected chi connectivity index (χ2v) is 9.42. The number of halogens is 1. The predicted molar refractivity (Wildman–Crippen MR) is 119 cm³/mol. The van der Waals surface area contributed by atoms with Gasteiger partial charge in [0.25, 0.3) is 5.56 Å². The Labute approximate surface area is 183 Å².